The van der Waals surface area contributed by atoms with Gasteiger partial charge in [-0.25, -0.2) is 4.39 Å². The van der Waals surface area contributed by atoms with E-state index in [-0.39, 0.29) is 47.9 Å². The van der Waals surface area contributed by atoms with E-state index in [2.05, 4.69) is 20.4 Å². The van der Waals surface area contributed by atoms with Crippen molar-refractivity contribution >= 4 is 35.8 Å². The van der Waals surface area contributed by atoms with Crippen LogP contribution in [0.15, 0.2) is 53.5 Å². The molecule has 0 heterocycles. The molecule has 2 aromatic carbocycles. The Bertz CT molecular complexity index is 867. The molecule has 0 aromatic heterocycles. The Morgan fingerprint density at radius 1 is 1.12 bits per heavy atom. The van der Waals surface area contributed by atoms with Crippen molar-refractivity contribution in [2.75, 3.05) is 26.7 Å². The maximum absolute atomic E-state index is 13.2. The van der Waals surface area contributed by atoms with Crippen LogP contribution in [0.3, 0.4) is 0 Å². The molecule has 2 aromatic rings. The average molecular weight is 564 g/mol. The number of aliphatic imine (C=N–C) groups is 1. The fraction of sp³-hybridized carbons (Fsp3) is 0.364. The zero-order valence-electron chi connectivity index (χ0n) is 18.0. The van der Waals surface area contributed by atoms with Gasteiger partial charge in [0.2, 0.25) is 5.91 Å². The Balaban J connectivity index is 0.00000512. The molecule has 2 N–H and O–H groups in total. The van der Waals surface area contributed by atoms with Crippen LogP contribution in [0.2, 0.25) is 0 Å². The SMILES string of the molecule is CCNC(=NCCNC(=O)Cc1cccc(F)c1)N(C)Cc1ccc(OC(F)F)cc1.I. The van der Waals surface area contributed by atoms with Crippen LogP contribution in [0.25, 0.3) is 0 Å². The molecule has 0 spiro atoms. The van der Waals surface area contributed by atoms with Gasteiger partial charge in [0.05, 0.1) is 13.0 Å². The molecular weight excluding hydrogens is 536 g/mol. The number of rotatable bonds is 10. The first kappa shape index (κ1) is 27.5. The van der Waals surface area contributed by atoms with E-state index in [0.29, 0.717) is 37.7 Å². The van der Waals surface area contributed by atoms with Gasteiger partial charge in [-0.1, -0.05) is 24.3 Å². The molecular formula is C22H28F3IN4O2. The summed E-state index contributed by atoms with van der Waals surface area (Å²) in [6.45, 7) is 0.971. The molecule has 176 valence electrons. The molecule has 2 rings (SSSR count). The van der Waals surface area contributed by atoms with E-state index < -0.39 is 6.61 Å². The first-order valence-electron chi connectivity index (χ1n) is 9.91. The molecule has 0 unspecified atom stereocenters. The second-order valence-corrected chi connectivity index (χ2v) is 6.77. The number of alkyl halides is 2. The summed E-state index contributed by atoms with van der Waals surface area (Å²) in [6.07, 6.45) is 0.104. The summed E-state index contributed by atoms with van der Waals surface area (Å²) in [4.78, 5) is 18.4. The van der Waals surface area contributed by atoms with Gasteiger partial charge in [0.15, 0.2) is 5.96 Å². The summed E-state index contributed by atoms with van der Waals surface area (Å²) < 4.78 is 42.0. The van der Waals surface area contributed by atoms with Gasteiger partial charge in [-0.15, -0.1) is 24.0 Å². The number of hydrogen-bond acceptors (Lipinski definition) is 3. The monoisotopic (exact) mass is 564 g/mol. The molecule has 0 saturated carbocycles. The molecule has 0 saturated heterocycles. The summed E-state index contributed by atoms with van der Waals surface area (Å²) >= 11 is 0. The predicted molar refractivity (Wildman–Crippen MR) is 129 cm³/mol. The third-order valence-electron chi connectivity index (χ3n) is 4.21. The smallest absolute Gasteiger partial charge is 0.387 e. The van der Waals surface area contributed by atoms with Gasteiger partial charge >= 0.3 is 6.61 Å². The molecule has 0 fully saturated rings. The van der Waals surface area contributed by atoms with Crippen LogP contribution in [0.1, 0.15) is 18.1 Å². The van der Waals surface area contributed by atoms with Gasteiger partial charge in [0.25, 0.3) is 0 Å². The zero-order chi connectivity index (χ0) is 22.6. The number of hydrogen-bond donors (Lipinski definition) is 2. The third kappa shape index (κ3) is 10.2. The van der Waals surface area contributed by atoms with Crippen LogP contribution >= 0.6 is 24.0 Å². The fourth-order valence-electron chi connectivity index (χ4n) is 2.85. The van der Waals surface area contributed by atoms with Crippen molar-refractivity contribution < 1.29 is 22.7 Å². The normalized spacial score (nSPS) is 11.0. The molecule has 0 aliphatic carbocycles. The Hall–Kier alpha value is -2.50. The first-order valence-corrected chi connectivity index (χ1v) is 9.91. The van der Waals surface area contributed by atoms with Crippen LogP contribution in [-0.2, 0) is 17.8 Å². The van der Waals surface area contributed by atoms with E-state index in [1.807, 2.05) is 18.9 Å². The van der Waals surface area contributed by atoms with Crippen LogP contribution in [0, 0.1) is 5.82 Å². The lowest BCUT2D eigenvalue weighted by Crippen LogP contribution is -2.39. The quantitative estimate of drug-likeness (QED) is 0.200. The highest BCUT2D eigenvalue weighted by atomic mass is 127. The topological polar surface area (TPSA) is 66.0 Å². The fourth-order valence-corrected chi connectivity index (χ4v) is 2.85. The number of amides is 1. The number of benzene rings is 2. The average Bonchev–Trinajstić information content (AvgIpc) is 2.71. The number of guanidine groups is 1. The number of halogens is 4. The molecule has 32 heavy (non-hydrogen) atoms. The second-order valence-electron chi connectivity index (χ2n) is 6.77. The summed E-state index contributed by atoms with van der Waals surface area (Å²) in [6, 6.07) is 12.4. The largest absolute Gasteiger partial charge is 0.435 e. The standard InChI is InChI=1S/C22H27F3N4O2.HI/c1-3-26-22(29(2)15-16-7-9-19(10-8-16)31-21(24)25)28-12-11-27-20(30)14-17-5-4-6-18(23)13-17;/h4-10,13,21H,3,11-12,14-15H2,1-2H3,(H,26,28)(H,27,30);1H. The second kappa shape index (κ2) is 14.5. The molecule has 1 amide bonds. The first-order chi connectivity index (χ1) is 14.9. The van der Waals surface area contributed by atoms with Gasteiger partial charge in [-0.3, -0.25) is 9.79 Å². The molecule has 0 aliphatic heterocycles. The lowest BCUT2D eigenvalue weighted by Gasteiger charge is -2.22. The molecule has 6 nitrogen and oxygen atoms in total. The summed E-state index contributed by atoms with van der Waals surface area (Å²) in [5.74, 6) is 0.181. The Labute approximate surface area is 203 Å². The third-order valence-corrected chi connectivity index (χ3v) is 4.21. The number of nitrogens with zero attached hydrogens (tertiary/aromatic N) is 2. The number of carbonyl (C=O) groups is 1. The van der Waals surface area contributed by atoms with Crippen molar-refractivity contribution in [1.29, 1.82) is 0 Å². The Morgan fingerprint density at radius 3 is 2.47 bits per heavy atom. The van der Waals surface area contributed by atoms with Gasteiger partial charge < -0.3 is 20.3 Å². The van der Waals surface area contributed by atoms with E-state index >= 15 is 0 Å². The zero-order valence-corrected chi connectivity index (χ0v) is 20.3. The highest BCUT2D eigenvalue weighted by Gasteiger charge is 2.09. The van der Waals surface area contributed by atoms with E-state index in [0.717, 1.165) is 5.56 Å². The maximum Gasteiger partial charge on any atom is 0.387 e. The number of ether oxygens (including phenoxy) is 1. The van der Waals surface area contributed by atoms with Gasteiger partial charge in [-0.2, -0.15) is 8.78 Å². The van der Waals surface area contributed by atoms with Crippen molar-refractivity contribution in [1.82, 2.24) is 15.5 Å². The molecule has 0 bridgehead atoms. The minimum atomic E-state index is -2.85. The number of nitrogens with one attached hydrogen (secondary N) is 2. The van der Waals surface area contributed by atoms with E-state index in [4.69, 9.17) is 0 Å². The van der Waals surface area contributed by atoms with E-state index in [1.54, 1.807) is 24.3 Å². The highest BCUT2D eigenvalue weighted by molar-refractivity contribution is 14.0. The van der Waals surface area contributed by atoms with Crippen LogP contribution in [-0.4, -0.2) is 50.1 Å². The molecule has 0 radical (unpaired) electrons. The molecule has 10 heteroatoms. The molecule has 0 atom stereocenters. The van der Waals surface area contributed by atoms with Gasteiger partial charge in [0, 0.05) is 26.7 Å². The minimum absolute atomic E-state index is 0. The Kier molecular flexibility index (Phi) is 12.5. The van der Waals surface area contributed by atoms with Crippen LogP contribution in [0.4, 0.5) is 13.2 Å². The van der Waals surface area contributed by atoms with Crippen LogP contribution in [0.5, 0.6) is 5.75 Å². The molecule has 0 aliphatic rings. The lowest BCUT2D eigenvalue weighted by atomic mass is 10.1. The summed E-state index contributed by atoms with van der Waals surface area (Å²) in [7, 11) is 1.85. The highest BCUT2D eigenvalue weighted by Crippen LogP contribution is 2.15. The van der Waals surface area contributed by atoms with Crippen molar-refractivity contribution in [3.05, 3.63) is 65.5 Å². The number of carbonyl (C=O) groups excluding carboxylic acids is 1. The van der Waals surface area contributed by atoms with Crippen molar-refractivity contribution in [3.63, 3.8) is 0 Å². The summed E-state index contributed by atoms with van der Waals surface area (Å²) in [5.41, 5.74) is 1.51. The summed E-state index contributed by atoms with van der Waals surface area (Å²) in [5, 5.41) is 5.94. The van der Waals surface area contributed by atoms with E-state index in [9.17, 15) is 18.0 Å². The van der Waals surface area contributed by atoms with Crippen molar-refractivity contribution in [3.8, 4) is 5.75 Å². The van der Waals surface area contributed by atoms with E-state index in [1.165, 1.54) is 24.3 Å². The van der Waals surface area contributed by atoms with Crippen LogP contribution < -0.4 is 15.4 Å². The predicted octanol–water partition coefficient (Wildman–Crippen LogP) is 3.80. The van der Waals surface area contributed by atoms with Gasteiger partial charge in [0.1, 0.15) is 11.6 Å². The van der Waals surface area contributed by atoms with Gasteiger partial charge in [-0.05, 0) is 42.3 Å². The lowest BCUT2D eigenvalue weighted by molar-refractivity contribution is -0.120. The maximum atomic E-state index is 13.2. The Morgan fingerprint density at radius 2 is 1.84 bits per heavy atom. The van der Waals surface area contributed by atoms with Crippen molar-refractivity contribution in [2.24, 2.45) is 4.99 Å². The van der Waals surface area contributed by atoms with Crippen molar-refractivity contribution in [2.45, 2.75) is 26.5 Å². The minimum Gasteiger partial charge on any atom is -0.435 e.